The van der Waals surface area contributed by atoms with Gasteiger partial charge in [0.25, 0.3) is 0 Å². The first-order chi connectivity index (χ1) is 5.52. The van der Waals surface area contributed by atoms with Crippen molar-refractivity contribution in [1.29, 1.82) is 5.41 Å². The Kier molecular flexibility index (Phi) is 2.31. The topological polar surface area (TPSA) is 23.9 Å². The molecule has 0 aliphatic rings. The first kappa shape index (κ1) is 8.98. The normalized spacial score (nSPS) is 9.92. The molecule has 3 heteroatoms. The van der Waals surface area contributed by atoms with Gasteiger partial charge in [0.15, 0.2) is 0 Å². The van der Waals surface area contributed by atoms with Crippen molar-refractivity contribution in [1.82, 2.24) is 0 Å². The number of halogens is 1. The standard InChI is InChI=1S/C9H11BFN/c1-5-3-8(10)9(11)4-7(5)6(2)12/h3-4,12H,10H2,1-2H3. The predicted molar refractivity (Wildman–Crippen MR) is 51.8 cm³/mol. The van der Waals surface area contributed by atoms with E-state index in [0.717, 1.165) is 5.56 Å². The van der Waals surface area contributed by atoms with E-state index in [0.29, 0.717) is 16.7 Å². The van der Waals surface area contributed by atoms with Crippen LogP contribution in [0.3, 0.4) is 0 Å². The maximum absolute atomic E-state index is 13.0. The lowest BCUT2D eigenvalue weighted by atomic mass is 9.90. The summed E-state index contributed by atoms with van der Waals surface area (Å²) in [5.74, 6) is -0.234. The van der Waals surface area contributed by atoms with Gasteiger partial charge in [-0.25, -0.2) is 4.39 Å². The van der Waals surface area contributed by atoms with Gasteiger partial charge in [0.1, 0.15) is 13.7 Å². The molecule has 12 heavy (non-hydrogen) atoms. The fraction of sp³-hybridized carbons (Fsp3) is 0.222. The molecule has 0 amide bonds. The number of rotatable bonds is 1. The van der Waals surface area contributed by atoms with E-state index < -0.39 is 0 Å². The summed E-state index contributed by atoms with van der Waals surface area (Å²) in [5.41, 5.74) is 2.70. The van der Waals surface area contributed by atoms with Crippen LogP contribution >= 0.6 is 0 Å². The molecule has 1 nitrogen and oxygen atoms in total. The summed E-state index contributed by atoms with van der Waals surface area (Å²) in [6, 6.07) is 3.19. The van der Waals surface area contributed by atoms with E-state index in [4.69, 9.17) is 5.41 Å². The van der Waals surface area contributed by atoms with Gasteiger partial charge in [-0.15, -0.1) is 0 Å². The van der Waals surface area contributed by atoms with Crippen LogP contribution in [0, 0.1) is 18.2 Å². The molecule has 0 atom stereocenters. The molecule has 1 N–H and O–H groups in total. The zero-order valence-corrected chi connectivity index (χ0v) is 7.53. The van der Waals surface area contributed by atoms with Crippen molar-refractivity contribution < 1.29 is 4.39 Å². The molecule has 0 heterocycles. The fourth-order valence-electron chi connectivity index (χ4n) is 1.23. The molecule has 0 bridgehead atoms. The minimum Gasteiger partial charge on any atom is -0.305 e. The van der Waals surface area contributed by atoms with Gasteiger partial charge in [0.05, 0.1) is 0 Å². The maximum atomic E-state index is 13.0. The highest BCUT2D eigenvalue weighted by Crippen LogP contribution is 2.08. The Morgan fingerprint density at radius 2 is 2.08 bits per heavy atom. The molecule has 62 valence electrons. The van der Waals surface area contributed by atoms with Crippen molar-refractivity contribution in [2.45, 2.75) is 13.8 Å². The highest BCUT2D eigenvalue weighted by molar-refractivity contribution is 6.32. The van der Waals surface area contributed by atoms with Gasteiger partial charge in [0.2, 0.25) is 0 Å². The Hall–Kier alpha value is -1.12. The van der Waals surface area contributed by atoms with Gasteiger partial charge < -0.3 is 5.41 Å². The smallest absolute Gasteiger partial charge is 0.143 e. The van der Waals surface area contributed by atoms with Crippen molar-refractivity contribution in [3.63, 3.8) is 0 Å². The summed E-state index contributed by atoms with van der Waals surface area (Å²) < 4.78 is 13.0. The average molecular weight is 163 g/mol. The van der Waals surface area contributed by atoms with Gasteiger partial charge in [-0.2, -0.15) is 0 Å². The van der Waals surface area contributed by atoms with Gasteiger partial charge in [0, 0.05) is 11.3 Å². The Balaban J connectivity index is 3.33. The minimum absolute atomic E-state index is 0.234. The molecule has 0 fully saturated rings. The second-order valence-electron chi connectivity index (χ2n) is 3.04. The molecule has 1 aromatic carbocycles. The molecule has 0 radical (unpaired) electrons. The van der Waals surface area contributed by atoms with Gasteiger partial charge >= 0.3 is 0 Å². The van der Waals surface area contributed by atoms with Crippen LogP contribution in [0.1, 0.15) is 18.1 Å². The summed E-state index contributed by atoms with van der Waals surface area (Å²) in [7, 11) is 1.73. The van der Waals surface area contributed by atoms with Crippen LogP contribution in [0.25, 0.3) is 0 Å². The highest BCUT2D eigenvalue weighted by atomic mass is 19.1. The fourth-order valence-corrected chi connectivity index (χ4v) is 1.23. The van der Waals surface area contributed by atoms with E-state index in [9.17, 15) is 4.39 Å². The third-order valence-electron chi connectivity index (χ3n) is 1.91. The van der Waals surface area contributed by atoms with E-state index >= 15 is 0 Å². The van der Waals surface area contributed by atoms with Crippen molar-refractivity contribution in [2.24, 2.45) is 0 Å². The third kappa shape index (κ3) is 1.55. The molecule has 1 rings (SSSR count). The Labute approximate surface area is 72.5 Å². The van der Waals surface area contributed by atoms with Crippen molar-refractivity contribution in [3.05, 3.63) is 29.1 Å². The average Bonchev–Trinajstić information content (AvgIpc) is 1.96. The van der Waals surface area contributed by atoms with Gasteiger partial charge in [-0.05, 0) is 25.5 Å². The van der Waals surface area contributed by atoms with E-state index in [2.05, 4.69) is 0 Å². The molecule has 0 saturated carbocycles. The second-order valence-corrected chi connectivity index (χ2v) is 3.04. The molecule has 0 aromatic heterocycles. The monoisotopic (exact) mass is 163 g/mol. The highest BCUT2D eigenvalue weighted by Gasteiger charge is 2.04. The zero-order chi connectivity index (χ0) is 9.30. The van der Waals surface area contributed by atoms with Crippen LogP contribution in [-0.4, -0.2) is 13.6 Å². The van der Waals surface area contributed by atoms with Crippen LogP contribution in [0.15, 0.2) is 12.1 Å². The largest absolute Gasteiger partial charge is 0.305 e. The molecule has 0 unspecified atom stereocenters. The molecular formula is C9H11BFN. The zero-order valence-electron chi connectivity index (χ0n) is 7.53. The quantitative estimate of drug-likeness (QED) is 0.467. The van der Waals surface area contributed by atoms with E-state index in [1.807, 2.05) is 6.92 Å². The van der Waals surface area contributed by atoms with Crippen LogP contribution < -0.4 is 5.46 Å². The van der Waals surface area contributed by atoms with E-state index in [1.165, 1.54) is 6.07 Å². The Morgan fingerprint density at radius 1 is 1.50 bits per heavy atom. The van der Waals surface area contributed by atoms with Gasteiger partial charge in [-0.1, -0.05) is 11.5 Å². The molecule has 1 aromatic rings. The molecular weight excluding hydrogens is 152 g/mol. The molecule has 0 saturated heterocycles. The number of nitrogens with one attached hydrogen (secondary N) is 1. The summed E-state index contributed by atoms with van der Waals surface area (Å²) in [5, 5.41) is 7.38. The van der Waals surface area contributed by atoms with Crippen molar-refractivity contribution >= 4 is 19.0 Å². The first-order valence-electron chi connectivity index (χ1n) is 3.84. The number of aryl methyl sites for hydroxylation is 1. The lowest BCUT2D eigenvalue weighted by molar-refractivity contribution is 0.635. The number of benzene rings is 1. The maximum Gasteiger partial charge on any atom is 0.143 e. The summed E-state index contributed by atoms with van der Waals surface area (Å²) in [4.78, 5) is 0. The van der Waals surface area contributed by atoms with Crippen LogP contribution in [0.5, 0.6) is 0 Å². The van der Waals surface area contributed by atoms with Crippen molar-refractivity contribution in [2.75, 3.05) is 0 Å². The predicted octanol–water partition coefficient (Wildman–Crippen LogP) is 0.780. The van der Waals surface area contributed by atoms with Gasteiger partial charge in [-0.3, -0.25) is 0 Å². The summed E-state index contributed by atoms with van der Waals surface area (Å²) in [6.45, 7) is 3.55. The summed E-state index contributed by atoms with van der Waals surface area (Å²) >= 11 is 0. The minimum atomic E-state index is -0.234. The van der Waals surface area contributed by atoms with Crippen LogP contribution in [0.4, 0.5) is 4.39 Å². The van der Waals surface area contributed by atoms with Crippen LogP contribution in [-0.2, 0) is 0 Å². The third-order valence-corrected chi connectivity index (χ3v) is 1.91. The molecule has 0 aliphatic heterocycles. The van der Waals surface area contributed by atoms with Crippen molar-refractivity contribution in [3.8, 4) is 0 Å². The Bertz CT molecular complexity index is 334. The molecule has 0 aliphatic carbocycles. The SMILES string of the molecule is Bc1cc(C)c(C(C)=N)cc1F. The molecule has 0 spiro atoms. The van der Waals surface area contributed by atoms with Crippen LogP contribution in [0.2, 0.25) is 0 Å². The van der Waals surface area contributed by atoms with E-state index in [-0.39, 0.29) is 5.82 Å². The number of hydrogen-bond donors (Lipinski definition) is 1. The lowest BCUT2D eigenvalue weighted by Gasteiger charge is -2.05. The number of hydrogen-bond acceptors (Lipinski definition) is 1. The second kappa shape index (κ2) is 3.09. The summed E-state index contributed by atoms with van der Waals surface area (Å²) in [6.07, 6.45) is 0. The lowest BCUT2D eigenvalue weighted by Crippen LogP contribution is -2.11. The van der Waals surface area contributed by atoms with E-state index in [1.54, 1.807) is 20.8 Å². The first-order valence-corrected chi connectivity index (χ1v) is 3.84. The Morgan fingerprint density at radius 3 is 2.58 bits per heavy atom.